The quantitative estimate of drug-likeness (QED) is 0.850. The molecule has 3 atom stereocenters. The normalized spacial score (nSPS) is 33.3. The molecule has 1 N–H and O–H groups in total. The highest BCUT2D eigenvalue weighted by Crippen LogP contribution is 2.44. The van der Waals surface area contributed by atoms with Crippen molar-refractivity contribution in [1.29, 1.82) is 0 Å². The number of rotatable bonds is 1. The molecule has 4 rings (SSSR count). The molecule has 1 aromatic carbocycles. The van der Waals surface area contributed by atoms with Gasteiger partial charge in [-0.15, -0.1) is 0 Å². The van der Waals surface area contributed by atoms with Gasteiger partial charge in [0.15, 0.2) is 0 Å². The van der Waals surface area contributed by atoms with E-state index < -0.39 is 0 Å². The Morgan fingerprint density at radius 3 is 2.90 bits per heavy atom. The summed E-state index contributed by atoms with van der Waals surface area (Å²) in [5.41, 5.74) is 1.27. The Balaban J connectivity index is 1.62. The van der Waals surface area contributed by atoms with Crippen molar-refractivity contribution in [2.24, 2.45) is 5.92 Å². The van der Waals surface area contributed by atoms with Crippen LogP contribution in [0.2, 0.25) is 0 Å². The van der Waals surface area contributed by atoms with Gasteiger partial charge >= 0.3 is 0 Å². The number of ether oxygens (including phenoxy) is 1. The van der Waals surface area contributed by atoms with Crippen LogP contribution >= 0.6 is 0 Å². The summed E-state index contributed by atoms with van der Waals surface area (Å²) in [5, 5.41) is 9.59. The van der Waals surface area contributed by atoms with Crippen molar-refractivity contribution in [1.82, 2.24) is 4.90 Å². The maximum absolute atomic E-state index is 9.59. The topological polar surface area (TPSA) is 32.7 Å². The van der Waals surface area contributed by atoms with E-state index in [1.807, 2.05) is 0 Å². The first kappa shape index (κ1) is 12.5. The van der Waals surface area contributed by atoms with Gasteiger partial charge in [-0.2, -0.15) is 0 Å². The average Bonchev–Trinajstić information content (AvgIpc) is 2.89. The third kappa shape index (κ3) is 1.99. The van der Waals surface area contributed by atoms with Crippen LogP contribution in [0.5, 0.6) is 11.5 Å². The molecule has 3 heteroatoms. The summed E-state index contributed by atoms with van der Waals surface area (Å²) in [7, 11) is 0. The first-order valence-corrected chi connectivity index (χ1v) is 8.04. The molecule has 1 aliphatic carbocycles. The van der Waals surface area contributed by atoms with Gasteiger partial charge in [0.2, 0.25) is 0 Å². The average molecular weight is 273 g/mol. The van der Waals surface area contributed by atoms with E-state index in [0.29, 0.717) is 11.8 Å². The monoisotopic (exact) mass is 273 g/mol. The van der Waals surface area contributed by atoms with Crippen molar-refractivity contribution in [2.45, 2.75) is 50.6 Å². The molecule has 108 valence electrons. The third-order valence-corrected chi connectivity index (χ3v) is 5.44. The van der Waals surface area contributed by atoms with Gasteiger partial charge in [-0.3, -0.25) is 4.90 Å². The zero-order valence-electron chi connectivity index (χ0n) is 11.9. The third-order valence-electron chi connectivity index (χ3n) is 5.44. The minimum Gasteiger partial charge on any atom is -0.508 e. The molecule has 3 aliphatic rings. The number of likely N-dealkylation sites (tertiary alicyclic amines) is 1. The Morgan fingerprint density at radius 2 is 1.95 bits per heavy atom. The number of phenolic OH excluding ortho intramolecular Hbond substituents is 1. The summed E-state index contributed by atoms with van der Waals surface area (Å²) in [4.78, 5) is 2.70. The van der Waals surface area contributed by atoms with Gasteiger partial charge in [0.1, 0.15) is 18.1 Å². The molecule has 20 heavy (non-hydrogen) atoms. The van der Waals surface area contributed by atoms with Gasteiger partial charge in [0.25, 0.3) is 0 Å². The molecule has 2 fully saturated rings. The molecule has 1 unspecified atom stereocenters. The van der Waals surface area contributed by atoms with Crippen LogP contribution in [0.15, 0.2) is 18.2 Å². The molecule has 0 amide bonds. The number of fused-ring (bicyclic) bond motifs is 2. The van der Waals surface area contributed by atoms with Crippen molar-refractivity contribution in [3.63, 3.8) is 0 Å². The lowest BCUT2D eigenvalue weighted by atomic mass is 9.77. The number of piperidine rings is 1. The SMILES string of the molecule is Oc1ccc2c(c1)OCC2N1CCC[C@H]2CCCC[C@H]21. The van der Waals surface area contributed by atoms with Crippen molar-refractivity contribution in [3.05, 3.63) is 23.8 Å². The van der Waals surface area contributed by atoms with Crippen LogP contribution in [0.25, 0.3) is 0 Å². The van der Waals surface area contributed by atoms with Crippen molar-refractivity contribution >= 4 is 0 Å². The van der Waals surface area contributed by atoms with Crippen LogP contribution in [0.4, 0.5) is 0 Å². The molecule has 2 heterocycles. The highest BCUT2D eigenvalue weighted by molar-refractivity contribution is 5.44. The molecular weight excluding hydrogens is 250 g/mol. The predicted molar refractivity (Wildman–Crippen MR) is 78.0 cm³/mol. The minimum atomic E-state index is 0.304. The molecular formula is C17H23NO2. The van der Waals surface area contributed by atoms with E-state index in [0.717, 1.165) is 24.3 Å². The Morgan fingerprint density at radius 1 is 1.10 bits per heavy atom. The Hall–Kier alpha value is -1.22. The predicted octanol–water partition coefficient (Wildman–Crippen LogP) is 3.48. The summed E-state index contributed by atoms with van der Waals surface area (Å²) in [6.07, 6.45) is 8.31. The van der Waals surface area contributed by atoms with Gasteiger partial charge in [-0.1, -0.05) is 12.8 Å². The smallest absolute Gasteiger partial charge is 0.127 e. The maximum atomic E-state index is 9.59. The fourth-order valence-corrected chi connectivity index (χ4v) is 4.51. The molecule has 0 radical (unpaired) electrons. The molecule has 1 saturated heterocycles. The van der Waals surface area contributed by atoms with Crippen LogP contribution in [0.1, 0.15) is 50.1 Å². The van der Waals surface area contributed by atoms with Gasteiger partial charge < -0.3 is 9.84 Å². The van der Waals surface area contributed by atoms with Crippen molar-refractivity contribution in [2.75, 3.05) is 13.2 Å². The summed E-state index contributed by atoms with van der Waals surface area (Å²) < 4.78 is 5.82. The fourth-order valence-electron chi connectivity index (χ4n) is 4.51. The van der Waals surface area contributed by atoms with E-state index in [2.05, 4.69) is 11.0 Å². The number of hydrogen-bond acceptors (Lipinski definition) is 3. The van der Waals surface area contributed by atoms with Gasteiger partial charge in [-0.25, -0.2) is 0 Å². The second-order valence-electron chi connectivity index (χ2n) is 6.54. The zero-order chi connectivity index (χ0) is 13.5. The van der Waals surface area contributed by atoms with Crippen LogP contribution in [-0.2, 0) is 0 Å². The maximum Gasteiger partial charge on any atom is 0.127 e. The summed E-state index contributed by atoms with van der Waals surface area (Å²) in [5.74, 6) is 2.09. The number of aromatic hydroxyl groups is 1. The highest BCUT2D eigenvalue weighted by atomic mass is 16.5. The van der Waals surface area contributed by atoms with Crippen molar-refractivity contribution in [3.8, 4) is 11.5 Å². The molecule has 3 nitrogen and oxygen atoms in total. The first-order valence-electron chi connectivity index (χ1n) is 8.04. The van der Waals surface area contributed by atoms with E-state index in [1.54, 1.807) is 12.1 Å². The van der Waals surface area contributed by atoms with E-state index in [4.69, 9.17) is 4.74 Å². The number of hydrogen-bond donors (Lipinski definition) is 1. The molecule has 0 aromatic heterocycles. The summed E-state index contributed by atoms with van der Waals surface area (Å²) >= 11 is 0. The Bertz CT molecular complexity index is 500. The molecule has 1 saturated carbocycles. The van der Waals surface area contributed by atoms with E-state index >= 15 is 0 Å². The van der Waals surface area contributed by atoms with Gasteiger partial charge in [0, 0.05) is 17.7 Å². The lowest BCUT2D eigenvalue weighted by Crippen LogP contribution is -2.48. The van der Waals surface area contributed by atoms with Crippen molar-refractivity contribution < 1.29 is 9.84 Å². The highest BCUT2D eigenvalue weighted by Gasteiger charge is 2.40. The number of phenols is 1. The van der Waals surface area contributed by atoms with Crippen LogP contribution < -0.4 is 4.74 Å². The largest absolute Gasteiger partial charge is 0.508 e. The van der Waals surface area contributed by atoms with E-state index in [-0.39, 0.29) is 0 Å². The number of nitrogens with zero attached hydrogens (tertiary/aromatic N) is 1. The lowest BCUT2D eigenvalue weighted by molar-refractivity contribution is 0.0183. The first-order chi connectivity index (χ1) is 9.83. The fraction of sp³-hybridized carbons (Fsp3) is 0.647. The minimum absolute atomic E-state index is 0.304. The lowest BCUT2D eigenvalue weighted by Gasteiger charge is -2.46. The molecule has 0 bridgehead atoms. The zero-order valence-corrected chi connectivity index (χ0v) is 11.9. The van der Waals surface area contributed by atoms with E-state index in [1.165, 1.54) is 50.6 Å². The Labute approximate surface area is 120 Å². The van der Waals surface area contributed by atoms with Crippen LogP contribution in [0.3, 0.4) is 0 Å². The van der Waals surface area contributed by atoms with Gasteiger partial charge in [0.05, 0.1) is 6.04 Å². The summed E-state index contributed by atoms with van der Waals surface area (Å²) in [6, 6.07) is 6.76. The molecule has 0 spiro atoms. The van der Waals surface area contributed by atoms with Gasteiger partial charge in [-0.05, 0) is 50.3 Å². The standard InChI is InChI=1S/C17H23NO2/c19-13-7-8-14-16(11-20-17(14)10-13)18-9-3-5-12-4-1-2-6-15(12)18/h7-8,10,12,15-16,19H,1-6,9,11H2/t12-,15-,16?/m1/s1. The van der Waals surface area contributed by atoms with Crippen LogP contribution in [0, 0.1) is 5.92 Å². The van der Waals surface area contributed by atoms with Crippen LogP contribution in [-0.4, -0.2) is 29.2 Å². The second kappa shape index (κ2) is 4.96. The molecule has 1 aromatic rings. The Kier molecular flexibility index (Phi) is 3.10. The summed E-state index contributed by atoms with van der Waals surface area (Å²) in [6.45, 7) is 1.96. The number of benzene rings is 1. The second-order valence-corrected chi connectivity index (χ2v) is 6.54. The van der Waals surface area contributed by atoms with E-state index in [9.17, 15) is 5.11 Å². The molecule has 2 aliphatic heterocycles.